The molecule has 0 bridgehead atoms. The molecule has 0 aliphatic carbocycles. The van der Waals surface area contributed by atoms with Gasteiger partial charge in [0.05, 0.1) is 22.9 Å². The summed E-state index contributed by atoms with van der Waals surface area (Å²) in [5, 5.41) is 4.00. The van der Waals surface area contributed by atoms with Crippen LogP contribution in [0.5, 0.6) is 0 Å². The van der Waals surface area contributed by atoms with Crippen LogP contribution in [0.25, 0.3) is 0 Å². The zero-order valence-electron chi connectivity index (χ0n) is 10.4. The second-order valence-corrected chi connectivity index (χ2v) is 4.68. The van der Waals surface area contributed by atoms with Crippen molar-refractivity contribution in [2.24, 2.45) is 12.8 Å². The predicted octanol–water partition coefficient (Wildman–Crippen LogP) is 0.250. The van der Waals surface area contributed by atoms with Crippen LogP contribution in [0, 0.1) is 0 Å². The molecule has 0 fully saturated rings. The molecule has 20 heavy (non-hydrogen) atoms. The Kier molecular flexibility index (Phi) is 2.61. The molecule has 3 heterocycles. The van der Waals surface area contributed by atoms with Gasteiger partial charge in [-0.3, -0.25) is 19.3 Å². The van der Waals surface area contributed by atoms with E-state index >= 15 is 0 Å². The zero-order valence-corrected chi connectivity index (χ0v) is 11.2. The molecule has 0 radical (unpaired) electrons. The first-order valence-corrected chi connectivity index (χ1v) is 6.07. The maximum absolute atomic E-state index is 12.4. The number of amides is 2. The van der Waals surface area contributed by atoms with Crippen LogP contribution in [-0.2, 0) is 7.05 Å². The molecule has 0 aromatic carbocycles. The number of aromatic nitrogens is 3. The molecule has 3 rings (SSSR count). The van der Waals surface area contributed by atoms with Crippen molar-refractivity contribution in [1.29, 1.82) is 0 Å². The third kappa shape index (κ3) is 1.55. The van der Waals surface area contributed by atoms with E-state index in [4.69, 9.17) is 18.0 Å². The van der Waals surface area contributed by atoms with Crippen molar-refractivity contribution in [3.8, 4) is 0 Å². The molecule has 1 aliphatic rings. The van der Waals surface area contributed by atoms with Crippen LogP contribution in [0.4, 0.5) is 5.82 Å². The molecular weight excluding hydrogens is 278 g/mol. The van der Waals surface area contributed by atoms with Gasteiger partial charge in [-0.05, 0) is 6.07 Å². The molecular formula is C12H9N5O2S. The Labute approximate surface area is 119 Å². The van der Waals surface area contributed by atoms with Crippen molar-refractivity contribution in [3.05, 3.63) is 41.3 Å². The Balaban J connectivity index is 2.19. The lowest BCUT2D eigenvalue weighted by Gasteiger charge is -2.15. The minimum Gasteiger partial charge on any atom is -0.389 e. The highest BCUT2D eigenvalue weighted by atomic mass is 32.1. The second-order valence-electron chi connectivity index (χ2n) is 4.24. The Bertz CT molecular complexity index is 732. The van der Waals surface area contributed by atoms with Crippen LogP contribution in [0.15, 0.2) is 24.7 Å². The number of nitrogens with zero attached hydrogens (tertiary/aromatic N) is 4. The first-order valence-electron chi connectivity index (χ1n) is 5.67. The number of thiocarbonyl (C=S) groups is 1. The average molecular weight is 287 g/mol. The van der Waals surface area contributed by atoms with Gasteiger partial charge in [-0.25, -0.2) is 4.90 Å². The number of fused-ring (bicyclic) bond motifs is 1. The Hall–Kier alpha value is -2.61. The number of hydrogen-bond acceptors (Lipinski definition) is 5. The molecule has 8 heteroatoms. The van der Waals surface area contributed by atoms with E-state index in [-0.39, 0.29) is 16.4 Å². The monoisotopic (exact) mass is 287 g/mol. The van der Waals surface area contributed by atoms with Crippen molar-refractivity contribution < 1.29 is 9.59 Å². The lowest BCUT2D eigenvalue weighted by atomic mass is 10.2. The quantitative estimate of drug-likeness (QED) is 0.628. The topological polar surface area (TPSA) is 94.1 Å². The van der Waals surface area contributed by atoms with Crippen LogP contribution in [-0.4, -0.2) is 31.6 Å². The molecule has 2 aromatic rings. The zero-order chi connectivity index (χ0) is 14.4. The molecule has 2 amide bonds. The molecule has 2 aromatic heterocycles. The molecule has 0 saturated heterocycles. The van der Waals surface area contributed by atoms with Gasteiger partial charge in [-0.1, -0.05) is 12.2 Å². The number of hydrogen-bond donors (Lipinski definition) is 1. The van der Waals surface area contributed by atoms with Gasteiger partial charge in [0.15, 0.2) is 5.82 Å². The summed E-state index contributed by atoms with van der Waals surface area (Å²) in [5.41, 5.74) is 6.55. The normalized spacial score (nSPS) is 13.8. The lowest BCUT2D eigenvalue weighted by Crippen LogP contribution is -2.33. The average Bonchev–Trinajstić information content (AvgIpc) is 2.91. The van der Waals surface area contributed by atoms with Gasteiger partial charge < -0.3 is 5.73 Å². The number of rotatable bonds is 2. The highest BCUT2D eigenvalue weighted by Gasteiger charge is 2.39. The van der Waals surface area contributed by atoms with Crippen LogP contribution >= 0.6 is 12.2 Å². The Morgan fingerprint density at radius 2 is 1.95 bits per heavy atom. The Morgan fingerprint density at radius 3 is 2.60 bits per heavy atom. The molecule has 0 spiro atoms. The van der Waals surface area contributed by atoms with E-state index in [1.165, 1.54) is 29.3 Å². The first kappa shape index (κ1) is 12.4. The Morgan fingerprint density at radius 1 is 1.25 bits per heavy atom. The number of nitrogens with two attached hydrogens (primary N) is 1. The summed E-state index contributed by atoms with van der Waals surface area (Å²) < 4.78 is 1.39. The van der Waals surface area contributed by atoms with E-state index in [0.717, 1.165) is 4.90 Å². The summed E-state index contributed by atoms with van der Waals surface area (Å²) in [6.07, 6.45) is 4.26. The number of imide groups is 1. The maximum atomic E-state index is 12.4. The van der Waals surface area contributed by atoms with Gasteiger partial charge >= 0.3 is 0 Å². The van der Waals surface area contributed by atoms with Crippen LogP contribution < -0.4 is 10.6 Å². The number of aryl methyl sites for hydroxylation is 1. The van der Waals surface area contributed by atoms with Gasteiger partial charge in [0.25, 0.3) is 11.8 Å². The van der Waals surface area contributed by atoms with E-state index in [0.29, 0.717) is 11.1 Å². The highest BCUT2D eigenvalue weighted by Crippen LogP contribution is 2.29. The van der Waals surface area contributed by atoms with Gasteiger partial charge in [0.2, 0.25) is 0 Å². The van der Waals surface area contributed by atoms with E-state index in [1.54, 1.807) is 7.05 Å². The minimum atomic E-state index is -0.459. The third-order valence-corrected chi connectivity index (χ3v) is 3.29. The van der Waals surface area contributed by atoms with Crippen molar-refractivity contribution in [2.45, 2.75) is 0 Å². The molecule has 7 nitrogen and oxygen atoms in total. The standard InChI is InChI=1S/C12H9N5O2S/c1-16-10(8(5-15-16)9(13)20)17-11(18)6-2-3-14-4-7(6)12(17)19/h2-5H,1H3,(H2,13,20). The van der Waals surface area contributed by atoms with E-state index < -0.39 is 11.8 Å². The van der Waals surface area contributed by atoms with Gasteiger partial charge in [0, 0.05) is 19.4 Å². The van der Waals surface area contributed by atoms with Crippen LogP contribution in [0.3, 0.4) is 0 Å². The molecule has 2 N–H and O–H groups in total. The van der Waals surface area contributed by atoms with E-state index in [1.807, 2.05) is 0 Å². The summed E-state index contributed by atoms with van der Waals surface area (Å²) in [6.45, 7) is 0. The van der Waals surface area contributed by atoms with Gasteiger partial charge in [0.1, 0.15) is 4.99 Å². The fourth-order valence-corrected chi connectivity index (χ4v) is 2.29. The third-order valence-electron chi connectivity index (χ3n) is 3.07. The summed E-state index contributed by atoms with van der Waals surface area (Å²) >= 11 is 4.92. The van der Waals surface area contributed by atoms with Crippen LogP contribution in [0.1, 0.15) is 26.3 Å². The molecule has 100 valence electrons. The smallest absolute Gasteiger partial charge is 0.268 e. The lowest BCUT2D eigenvalue weighted by molar-refractivity contribution is 0.0923. The summed E-state index contributed by atoms with van der Waals surface area (Å²) in [5.74, 6) is -0.628. The fraction of sp³-hybridized carbons (Fsp3) is 0.0833. The number of anilines is 1. The van der Waals surface area contributed by atoms with Crippen molar-refractivity contribution in [2.75, 3.05) is 4.90 Å². The van der Waals surface area contributed by atoms with E-state index in [9.17, 15) is 9.59 Å². The fourth-order valence-electron chi connectivity index (χ4n) is 2.15. The van der Waals surface area contributed by atoms with Crippen molar-refractivity contribution >= 4 is 34.8 Å². The maximum Gasteiger partial charge on any atom is 0.268 e. The minimum absolute atomic E-state index is 0.0720. The van der Waals surface area contributed by atoms with Crippen molar-refractivity contribution in [1.82, 2.24) is 14.8 Å². The molecule has 0 unspecified atom stereocenters. The van der Waals surface area contributed by atoms with Gasteiger partial charge in [-0.15, -0.1) is 0 Å². The van der Waals surface area contributed by atoms with Crippen LogP contribution in [0.2, 0.25) is 0 Å². The summed E-state index contributed by atoms with van der Waals surface area (Å²) in [7, 11) is 1.61. The van der Waals surface area contributed by atoms with Crippen molar-refractivity contribution in [3.63, 3.8) is 0 Å². The molecule has 1 aliphatic heterocycles. The largest absolute Gasteiger partial charge is 0.389 e. The predicted molar refractivity (Wildman–Crippen MR) is 74.5 cm³/mol. The molecule has 0 saturated carbocycles. The molecule has 0 atom stereocenters. The van der Waals surface area contributed by atoms with Gasteiger partial charge in [-0.2, -0.15) is 5.10 Å². The number of pyridine rings is 1. The summed E-state index contributed by atoms with van der Waals surface area (Å²) in [6, 6.07) is 1.51. The number of carbonyl (C=O) groups is 2. The number of carbonyl (C=O) groups excluding carboxylic acids is 2. The first-order chi connectivity index (χ1) is 9.52. The highest BCUT2D eigenvalue weighted by molar-refractivity contribution is 7.80. The van der Waals surface area contributed by atoms with E-state index in [2.05, 4.69) is 10.1 Å². The summed E-state index contributed by atoms with van der Waals surface area (Å²) in [4.78, 5) is 29.7. The SMILES string of the molecule is Cn1ncc(C(N)=S)c1N1C(=O)c2ccncc2C1=O. The second kappa shape index (κ2) is 4.20.